The summed E-state index contributed by atoms with van der Waals surface area (Å²) in [6, 6.07) is 30.0. The van der Waals surface area contributed by atoms with Gasteiger partial charge in [-0.3, -0.25) is 4.55 Å². The molecule has 2 N–H and O–H groups in total. The second kappa shape index (κ2) is 11.3. The van der Waals surface area contributed by atoms with Gasteiger partial charge in [0.25, 0.3) is 10.1 Å². The van der Waals surface area contributed by atoms with Gasteiger partial charge in [0.2, 0.25) is 0 Å². The van der Waals surface area contributed by atoms with Gasteiger partial charge in [0, 0.05) is 4.90 Å². The highest BCUT2D eigenvalue weighted by molar-refractivity contribution is 7.94. The monoisotopic (exact) mass is 502 g/mol. The molecule has 0 atom stereocenters. The Labute approximate surface area is 208 Å². The van der Waals surface area contributed by atoms with Gasteiger partial charge in [0.1, 0.15) is 4.90 Å². The van der Waals surface area contributed by atoms with Crippen molar-refractivity contribution in [1.29, 1.82) is 0 Å². The summed E-state index contributed by atoms with van der Waals surface area (Å²) in [6.45, 7) is 0. The topological polar surface area (TPSA) is 83.8 Å². The van der Waals surface area contributed by atoms with Crippen LogP contribution in [0.3, 0.4) is 0 Å². The van der Waals surface area contributed by atoms with Crippen molar-refractivity contribution in [2.24, 2.45) is 0 Å². The number of hydrogen-bond acceptors (Lipinski definition) is 5. The van der Waals surface area contributed by atoms with E-state index < -0.39 is 10.1 Å². The molecular formula is C28H22O5S2. The van der Waals surface area contributed by atoms with E-state index in [1.165, 1.54) is 6.07 Å². The van der Waals surface area contributed by atoms with Crippen molar-refractivity contribution in [3.63, 3.8) is 0 Å². The van der Waals surface area contributed by atoms with Crippen molar-refractivity contribution >= 4 is 46.5 Å². The summed E-state index contributed by atoms with van der Waals surface area (Å²) < 4.78 is 36.7. The van der Waals surface area contributed by atoms with Crippen molar-refractivity contribution < 1.29 is 22.6 Å². The van der Waals surface area contributed by atoms with E-state index in [0.717, 1.165) is 44.8 Å². The highest BCUT2D eigenvalue weighted by Gasteiger charge is 2.12. The molecule has 0 aliphatic heterocycles. The van der Waals surface area contributed by atoms with Crippen LogP contribution in [-0.4, -0.2) is 18.2 Å². The largest absolute Gasteiger partial charge is 0.295 e. The molecule has 5 nitrogen and oxygen atoms in total. The van der Waals surface area contributed by atoms with Crippen molar-refractivity contribution in [3.8, 4) is 11.1 Å². The van der Waals surface area contributed by atoms with E-state index >= 15 is 0 Å². The molecule has 0 amide bonds. The maximum absolute atomic E-state index is 11.5. The van der Waals surface area contributed by atoms with Crippen molar-refractivity contribution in [1.82, 2.24) is 0 Å². The van der Waals surface area contributed by atoms with Gasteiger partial charge in [0.15, 0.2) is 0 Å². The third kappa shape index (κ3) is 6.57. The molecule has 4 aromatic rings. The van der Waals surface area contributed by atoms with Crippen LogP contribution in [0.2, 0.25) is 0 Å². The Hall–Kier alpha value is -3.46. The summed E-state index contributed by atoms with van der Waals surface area (Å²) in [5, 5.41) is 8.71. The van der Waals surface area contributed by atoms with Gasteiger partial charge in [-0.15, -0.1) is 0 Å². The number of hydrogen-bond donors (Lipinski definition) is 2. The van der Waals surface area contributed by atoms with Gasteiger partial charge < -0.3 is 0 Å². The zero-order chi connectivity index (χ0) is 24.7. The molecule has 0 saturated carbocycles. The quantitative estimate of drug-likeness (QED) is 0.0856. The molecule has 0 aromatic heterocycles. The molecule has 0 saturated heterocycles. The smallest absolute Gasteiger partial charge is 0.282 e. The molecule has 4 rings (SSSR count). The molecule has 0 bridgehead atoms. The van der Waals surface area contributed by atoms with Gasteiger partial charge in [-0.2, -0.15) is 12.8 Å². The van der Waals surface area contributed by atoms with Gasteiger partial charge in [-0.1, -0.05) is 109 Å². The van der Waals surface area contributed by atoms with Crippen molar-refractivity contribution in [3.05, 3.63) is 119 Å². The van der Waals surface area contributed by atoms with Gasteiger partial charge in [-0.05, 0) is 45.5 Å². The molecule has 0 aliphatic carbocycles. The molecule has 4 aromatic carbocycles. The Kier molecular flexibility index (Phi) is 7.97. The fraction of sp³-hybridized carbons (Fsp3) is 0. The highest BCUT2D eigenvalue weighted by Crippen LogP contribution is 2.26. The maximum atomic E-state index is 11.5. The SMILES string of the molecule is O=S(=O)(O)c1ccccc1C=Cc1ccc(-c2ccc(C=Cc3ccccc3SOO)cc2)cc1. The van der Waals surface area contributed by atoms with Crippen LogP contribution in [0.15, 0.2) is 107 Å². The predicted octanol–water partition coefficient (Wildman–Crippen LogP) is 7.44. The molecule has 0 heterocycles. The Morgan fingerprint density at radius 2 is 1.11 bits per heavy atom. The summed E-state index contributed by atoms with van der Waals surface area (Å²) in [6.07, 6.45) is 7.44. The first-order chi connectivity index (χ1) is 16.9. The number of rotatable bonds is 8. The fourth-order valence-corrected chi connectivity index (χ4v) is 4.66. The van der Waals surface area contributed by atoms with E-state index in [9.17, 15) is 13.0 Å². The molecule has 0 fully saturated rings. The van der Waals surface area contributed by atoms with Crippen LogP contribution in [0.5, 0.6) is 0 Å². The van der Waals surface area contributed by atoms with Crippen LogP contribution in [0.1, 0.15) is 22.3 Å². The molecule has 0 radical (unpaired) electrons. The summed E-state index contributed by atoms with van der Waals surface area (Å²) in [5.74, 6) is 0. The van der Waals surface area contributed by atoms with Gasteiger partial charge in [-0.25, -0.2) is 5.26 Å². The Bertz CT molecular complexity index is 1460. The lowest BCUT2D eigenvalue weighted by Crippen LogP contribution is -2.00. The molecule has 35 heavy (non-hydrogen) atoms. The molecule has 0 unspecified atom stereocenters. The minimum absolute atomic E-state index is 0.119. The molecule has 0 aliphatic rings. The summed E-state index contributed by atoms with van der Waals surface area (Å²) in [4.78, 5) is 0.699. The Morgan fingerprint density at radius 1 is 0.629 bits per heavy atom. The average Bonchev–Trinajstić information content (AvgIpc) is 2.87. The van der Waals surface area contributed by atoms with Crippen LogP contribution in [-0.2, 0) is 14.5 Å². The second-order valence-corrected chi connectivity index (χ2v) is 9.76. The van der Waals surface area contributed by atoms with E-state index in [-0.39, 0.29) is 4.90 Å². The molecular weight excluding hydrogens is 480 g/mol. The van der Waals surface area contributed by atoms with Crippen molar-refractivity contribution in [2.45, 2.75) is 9.79 Å². The lowest BCUT2D eigenvalue weighted by atomic mass is 10.0. The molecule has 176 valence electrons. The maximum Gasteiger partial charge on any atom is 0.295 e. The van der Waals surface area contributed by atoms with E-state index in [1.54, 1.807) is 30.4 Å². The zero-order valence-corrected chi connectivity index (χ0v) is 20.1. The third-order valence-corrected chi connectivity index (χ3v) is 6.86. The fourth-order valence-electron chi connectivity index (χ4n) is 3.53. The van der Waals surface area contributed by atoms with Crippen LogP contribution >= 0.6 is 12.0 Å². The van der Waals surface area contributed by atoms with Crippen molar-refractivity contribution in [2.75, 3.05) is 0 Å². The first kappa shape index (κ1) is 24.7. The van der Waals surface area contributed by atoms with E-state index in [1.807, 2.05) is 84.9 Å². The summed E-state index contributed by atoms with van der Waals surface area (Å²) in [7, 11) is -4.28. The number of benzene rings is 4. The Balaban J connectivity index is 1.47. The lowest BCUT2D eigenvalue weighted by molar-refractivity contribution is -0.116. The van der Waals surface area contributed by atoms with Crippen LogP contribution in [0, 0.1) is 0 Å². The summed E-state index contributed by atoms with van der Waals surface area (Å²) in [5.41, 5.74) is 5.43. The normalized spacial score (nSPS) is 11.9. The lowest BCUT2D eigenvalue weighted by Gasteiger charge is -2.05. The first-order valence-electron chi connectivity index (χ1n) is 10.6. The third-order valence-electron chi connectivity index (χ3n) is 5.31. The van der Waals surface area contributed by atoms with Crippen LogP contribution < -0.4 is 0 Å². The van der Waals surface area contributed by atoms with E-state index in [4.69, 9.17) is 5.26 Å². The molecule has 0 spiro atoms. The summed E-state index contributed by atoms with van der Waals surface area (Å²) >= 11 is 0.903. The Morgan fingerprint density at radius 3 is 1.66 bits per heavy atom. The average molecular weight is 503 g/mol. The highest BCUT2D eigenvalue weighted by atomic mass is 32.2. The standard InChI is InChI=1S/C28H22O5S2/c29-33-34-27-7-3-1-5-25(27)19-13-21-9-15-23(16-10-21)24-17-11-22(12-18-24)14-20-26-6-2-4-8-28(26)35(30,31)32/h1-20,29H,(H,30,31,32). The van der Waals surface area contributed by atoms with Gasteiger partial charge in [0.05, 0.1) is 12.0 Å². The second-order valence-electron chi connectivity index (χ2n) is 7.62. The molecule has 7 heteroatoms. The van der Waals surface area contributed by atoms with Gasteiger partial charge >= 0.3 is 0 Å². The first-order valence-corrected chi connectivity index (χ1v) is 12.8. The van der Waals surface area contributed by atoms with Crippen LogP contribution in [0.4, 0.5) is 0 Å². The van der Waals surface area contributed by atoms with E-state index in [0.29, 0.717) is 5.56 Å². The minimum atomic E-state index is -4.28. The zero-order valence-electron chi connectivity index (χ0n) is 18.5. The van der Waals surface area contributed by atoms with E-state index in [2.05, 4.69) is 4.33 Å². The van der Waals surface area contributed by atoms with Crippen LogP contribution in [0.25, 0.3) is 35.4 Å². The minimum Gasteiger partial charge on any atom is -0.282 e. The predicted molar refractivity (Wildman–Crippen MR) is 142 cm³/mol.